The molecule has 4 fully saturated rings. The fourth-order valence-corrected chi connectivity index (χ4v) is 11.2. The molecule has 224 valence electrons. The van der Waals surface area contributed by atoms with Crippen molar-refractivity contribution in [1.29, 1.82) is 0 Å². The van der Waals surface area contributed by atoms with E-state index in [2.05, 4.69) is 48.5 Å². The van der Waals surface area contributed by atoms with Gasteiger partial charge in [-0.2, -0.15) is 0 Å². The quantitative estimate of drug-likeness (QED) is 0.299. The summed E-state index contributed by atoms with van der Waals surface area (Å²) in [4.78, 5) is 28.2. The zero-order chi connectivity index (χ0) is 29.6. The zero-order valence-electron chi connectivity index (χ0n) is 26.6. The van der Waals surface area contributed by atoms with Gasteiger partial charge in [0.15, 0.2) is 0 Å². The third-order valence-corrected chi connectivity index (χ3v) is 14.1. The molecule has 1 aromatic carbocycles. The van der Waals surface area contributed by atoms with Gasteiger partial charge in [-0.05, 0) is 103 Å². The van der Waals surface area contributed by atoms with Crippen LogP contribution in [-0.2, 0) is 20.9 Å². The lowest BCUT2D eigenvalue weighted by Crippen LogP contribution is -2.66. The molecule has 0 heterocycles. The Morgan fingerprint density at radius 2 is 1.56 bits per heavy atom. The predicted molar refractivity (Wildman–Crippen MR) is 162 cm³/mol. The number of hydrogen-bond donors (Lipinski definition) is 1. The second-order valence-corrected chi connectivity index (χ2v) is 16.6. The molecule has 4 saturated carbocycles. The first-order valence-corrected chi connectivity index (χ1v) is 16.3. The average Bonchev–Trinajstić information content (AvgIpc) is 2.92. The van der Waals surface area contributed by atoms with Crippen LogP contribution in [0, 0.1) is 44.3 Å². The van der Waals surface area contributed by atoms with Crippen LogP contribution in [0.5, 0.6) is 0 Å². The van der Waals surface area contributed by atoms with Crippen LogP contribution in [0.25, 0.3) is 0 Å². The summed E-state index contributed by atoms with van der Waals surface area (Å²) in [6.45, 7) is 16.6. The summed E-state index contributed by atoms with van der Waals surface area (Å²) in [7, 11) is 0. The smallest absolute Gasteiger partial charge is 0.312 e. The van der Waals surface area contributed by atoms with E-state index >= 15 is 0 Å². The number of ketones is 1. The van der Waals surface area contributed by atoms with Crippen LogP contribution in [0.1, 0.15) is 118 Å². The maximum atomic E-state index is 14.5. The van der Waals surface area contributed by atoms with Crippen LogP contribution in [-0.4, -0.2) is 23.0 Å². The second kappa shape index (κ2) is 9.28. The molecule has 0 saturated heterocycles. The van der Waals surface area contributed by atoms with E-state index in [1.165, 1.54) is 11.1 Å². The Balaban J connectivity index is 1.36. The van der Waals surface area contributed by atoms with E-state index in [0.29, 0.717) is 31.1 Å². The Kier molecular flexibility index (Phi) is 6.60. The number of allylic oxidation sites excluding steroid dienone is 2. The summed E-state index contributed by atoms with van der Waals surface area (Å²) >= 11 is 0. The zero-order valence-corrected chi connectivity index (χ0v) is 26.6. The van der Waals surface area contributed by atoms with Gasteiger partial charge in [-0.3, -0.25) is 9.59 Å². The standard InChI is InChI=1S/C37H52O4/c1-32(2)28-13-16-37(7)30(35(28,5)15-14-29(32)39)27(38)21-25-26-22-34(4,18-17-33(26,3)19-20-36(25,37)6)31(40)41-23-24-11-9-8-10-12-24/h8-12,28-30,39H,13-23H2,1-7H3/t28?,29-,30?,33+,34-,35-,36+,37+/m0/s1. The van der Waals surface area contributed by atoms with Crippen molar-refractivity contribution in [3.8, 4) is 0 Å². The van der Waals surface area contributed by atoms with E-state index in [-0.39, 0.29) is 45.1 Å². The number of esters is 1. The van der Waals surface area contributed by atoms with Gasteiger partial charge in [-0.1, -0.05) is 83.0 Å². The summed E-state index contributed by atoms with van der Waals surface area (Å²) < 4.78 is 5.92. The van der Waals surface area contributed by atoms with E-state index in [4.69, 9.17) is 4.74 Å². The van der Waals surface area contributed by atoms with Crippen molar-refractivity contribution in [2.45, 2.75) is 125 Å². The number of aliphatic hydroxyl groups excluding tert-OH is 1. The van der Waals surface area contributed by atoms with Gasteiger partial charge in [-0.25, -0.2) is 0 Å². The SMILES string of the molecule is CC1(C)C2CC[C@]3(C)C(C(=O)CC4=C5C[C@@](C)(C(=O)OCc6ccccc6)CC[C@]5(C)CC[C@]43C)[C@@]2(C)CC[C@@H]1O. The number of carbonyl (C=O) groups excluding carboxylic acids is 2. The number of Topliss-reactive ketones (excluding diaryl/α,β-unsaturated/α-hetero) is 1. The highest BCUT2D eigenvalue weighted by atomic mass is 16.5. The topological polar surface area (TPSA) is 63.6 Å². The van der Waals surface area contributed by atoms with Crippen molar-refractivity contribution < 1.29 is 19.4 Å². The third kappa shape index (κ3) is 4.01. The van der Waals surface area contributed by atoms with Crippen LogP contribution in [0.2, 0.25) is 0 Å². The first-order chi connectivity index (χ1) is 19.1. The highest BCUT2D eigenvalue weighted by Crippen LogP contribution is 2.74. The molecule has 6 rings (SSSR count). The summed E-state index contributed by atoms with van der Waals surface area (Å²) in [6, 6.07) is 9.93. The van der Waals surface area contributed by atoms with Gasteiger partial charge in [0.25, 0.3) is 0 Å². The maximum absolute atomic E-state index is 14.5. The molecule has 5 aliphatic carbocycles. The number of rotatable bonds is 3. The van der Waals surface area contributed by atoms with E-state index in [9.17, 15) is 14.7 Å². The average molecular weight is 561 g/mol. The van der Waals surface area contributed by atoms with Crippen LogP contribution in [0.3, 0.4) is 0 Å². The highest BCUT2D eigenvalue weighted by molar-refractivity contribution is 5.88. The Labute approximate surface area is 247 Å². The summed E-state index contributed by atoms with van der Waals surface area (Å²) in [5, 5.41) is 11.0. The Hall–Kier alpha value is -1.94. The molecule has 5 aliphatic rings. The molecule has 4 heteroatoms. The van der Waals surface area contributed by atoms with E-state index in [0.717, 1.165) is 56.9 Å². The lowest BCUT2D eigenvalue weighted by molar-refractivity contribution is -0.203. The Morgan fingerprint density at radius 3 is 2.27 bits per heavy atom. The number of aliphatic hydroxyl groups is 1. The molecule has 0 bridgehead atoms. The molecular weight excluding hydrogens is 508 g/mol. The van der Waals surface area contributed by atoms with Crippen LogP contribution < -0.4 is 0 Å². The van der Waals surface area contributed by atoms with Gasteiger partial charge >= 0.3 is 5.97 Å². The Morgan fingerprint density at radius 1 is 0.878 bits per heavy atom. The molecular formula is C37H52O4. The molecule has 0 radical (unpaired) electrons. The molecule has 8 atom stereocenters. The van der Waals surface area contributed by atoms with Crippen LogP contribution >= 0.6 is 0 Å². The normalized spacial score (nSPS) is 45.2. The fourth-order valence-electron chi connectivity index (χ4n) is 11.2. The molecule has 0 aliphatic heterocycles. The summed E-state index contributed by atoms with van der Waals surface area (Å²) in [5.74, 6) is 0.677. The van der Waals surface area contributed by atoms with Crippen molar-refractivity contribution in [2.24, 2.45) is 44.3 Å². The Bertz CT molecular complexity index is 1280. The van der Waals surface area contributed by atoms with Crippen LogP contribution in [0.4, 0.5) is 0 Å². The summed E-state index contributed by atoms with van der Waals surface area (Å²) in [6.07, 6.45) is 8.79. The number of carbonyl (C=O) groups is 2. The molecule has 0 spiro atoms. The van der Waals surface area contributed by atoms with E-state index < -0.39 is 5.41 Å². The monoisotopic (exact) mass is 560 g/mol. The lowest BCUT2D eigenvalue weighted by atomic mass is 9.34. The molecule has 1 aromatic rings. The first kappa shape index (κ1) is 29.1. The minimum Gasteiger partial charge on any atom is -0.460 e. The van der Waals surface area contributed by atoms with Gasteiger partial charge < -0.3 is 9.84 Å². The van der Waals surface area contributed by atoms with E-state index in [1.54, 1.807) is 0 Å². The number of benzene rings is 1. The van der Waals surface area contributed by atoms with Gasteiger partial charge in [0.1, 0.15) is 12.4 Å². The molecule has 4 nitrogen and oxygen atoms in total. The molecule has 41 heavy (non-hydrogen) atoms. The van der Waals surface area contributed by atoms with Crippen molar-refractivity contribution >= 4 is 11.8 Å². The predicted octanol–water partition coefficient (Wildman–Crippen LogP) is 8.22. The number of ether oxygens (including phenoxy) is 1. The fraction of sp³-hybridized carbons (Fsp3) is 0.730. The van der Waals surface area contributed by atoms with Gasteiger partial charge in [0.05, 0.1) is 11.5 Å². The largest absolute Gasteiger partial charge is 0.460 e. The molecule has 2 unspecified atom stereocenters. The maximum Gasteiger partial charge on any atom is 0.312 e. The number of fused-ring (bicyclic) bond motifs is 6. The van der Waals surface area contributed by atoms with Gasteiger partial charge in [0, 0.05) is 12.3 Å². The van der Waals surface area contributed by atoms with E-state index in [1.807, 2.05) is 30.3 Å². The minimum absolute atomic E-state index is 0.0186. The van der Waals surface area contributed by atoms with Gasteiger partial charge in [-0.15, -0.1) is 0 Å². The number of hydrogen-bond acceptors (Lipinski definition) is 4. The molecule has 1 N–H and O–H groups in total. The summed E-state index contributed by atoms with van der Waals surface area (Å²) in [5.41, 5.74) is 2.83. The molecule has 0 aromatic heterocycles. The third-order valence-electron chi connectivity index (χ3n) is 14.1. The highest BCUT2D eigenvalue weighted by Gasteiger charge is 2.69. The van der Waals surface area contributed by atoms with Crippen molar-refractivity contribution in [1.82, 2.24) is 0 Å². The lowest BCUT2D eigenvalue weighted by Gasteiger charge is -2.70. The van der Waals surface area contributed by atoms with Crippen molar-refractivity contribution in [2.75, 3.05) is 0 Å². The van der Waals surface area contributed by atoms with Crippen molar-refractivity contribution in [3.05, 3.63) is 47.0 Å². The second-order valence-electron chi connectivity index (χ2n) is 16.6. The first-order valence-electron chi connectivity index (χ1n) is 16.3. The van der Waals surface area contributed by atoms with Crippen LogP contribution in [0.15, 0.2) is 41.5 Å². The van der Waals surface area contributed by atoms with Crippen molar-refractivity contribution in [3.63, 3.8) is 0 Å². The molecule has 0 amide bonds. The minimum atomic E-state index is -0.567. The van der Waals surface area contributed by atoms with Gasteiger partial charge in [0.2, 0.25) is 0 Å².